The van der Waals surface area contributed by atoms with Gasteiger partial charge < -0.3 is 15.1 Å². The Labute approximate surface area is 184 Å². The van der Waals surface area contributed by atoms with Crippen molar-refractivity contribution in [2.75, 3.05) is 31.5 Å². The number of likely N-dealkylation sites (tertiary alicyclic amines) is 2. The van der Waals surface area contributed by atoms with Crippen molar-refractivity contribution in [2.45, 2.75) is 45.4 Å². The first-order valence-corrected chi connectivity index (χ1v) is 11.2. The van der Waals surface area contributed by atoms with Gasteiger partial charge >= 0.3 is 6.03 Å². The number of rotatable bonds is 3. The van der Waals surface area contributed by atoms with E-state index in [0.29, 0.717) is 11.8 Å². The first-order chi connectivity index (χ1) is 14.8. The van der Waals surface area contributed by atoms with Crippen LogP contribution in [0.4, 0.5) is 10.5 Å². The molecule has 4 rings (SSSR count). The molecule has 2 saturated heterocycles. The molecule has 3 heterocycles. The molecule has 0 spiro atoms. The minimum atomic E-state index is -0.318. The van der Waals surface area contributed by atoms with Crippen molar-refractivity contribution in [1.29, 1.82) is 0 Å². The van der Waals surface area contributed by atoms with E-state index in [-0.39, 0.29) is 17.4 Å². The third-order valence-corrected chi connectivity index (χ3v) is 6.38. The van der Waals surface area contributed by atoms with E-state index in [1.807, 2.05) is 55.0 Å². The monoisotopic (exact) mass is 420 g/mol. The Morgan fingerprint density at radius 2 is 1.61 bits per heavy atom. The first kappa shape index (κ1) is 21.3. The SMILES string of the molecule is CC(C)(C)C(=O)N1CCC(c2ccc(NC(=O)N3CC(c4cccnc4)C3)cc2)CC1. The van der Waals surface area contributed by atoms with Gasteiger partial charge in [0.2, 0.25) is 5.91 Å². The number of pyridine rings is 1. The Morgan fingerprint density at radius 1 is 0.935 bits per heavy atom. The number of anilines is 1. The number of carbonyl (C=O) groups is 2. The van der Waals surface area contributed by atoms with Gasteiger partial charge in [-0.3, -0.25) is 9.78 Å². The van der Waals surface area contributed by atoms with Crippen molar-refractivity contribution >= 4 is 17.6 Å². The van der Waals surface area contributed by atoms with E-state index in [0.717, 1.165) is 44.7 Å². The van der Waals surface area contributed by atoms with Crippen molar-refractivity contribution in [2.24, 2.45) is 5.41 Å². The molecule has 31 heavy (non-hydrogen) atoms. The highest BCUT2D eigenvalue weighted by molar-refractivity contribution is 5.90. The highest BCUT2D eigenvalue weighted by atomic mass is 16.2. The summed E-state index contributed by atoms with van der Waals surface area (Å²) >= 11 is 0. The number of benzene rings is 1. The lowest BCUT2D eigenvalue weighted by Gasteiger charge is -2.39. The van der Waals surface area contributed by atoms with Gasteiger partial charge in [0.1, 0.15) is 0 Å². The highest BCUT2D eigenvalue weighted by Gasteiger charge is 2.32. The lowest BCUT2D eigenvalue weighted by Crippen LogP contribution is -2.50. The van der Waals surface area contributed by atoms with Gasteiger partial charge in [-0.15, -0.1) is 0 Å². The number of hydrogen-bond acceptors (Lipinski definition) is 3. The third kappa shape index (κ3) is 4.89. The van der Waals surface area contributed by atoms with E-state index in [2.05, 4.69) is 28.5 Å². The van der Waals surface area contributed by atoms with Gasteiger partial charge in [0.05, 0.1) is 0 Å². The largest absolute Gasteiger partial charge is 0.342 e. The molecule has 2 aliphatic rings. The summed E-state index contributed by atoms with van der Waals surface area (Å²) in [7, 11) is 0. The quantitative estimate of drug-likeness (QED) is 0.797. The van der Waals surface area contributed by atoms with Crippen molar-refractivity contribution in [1.82, 2.24) is 14.8 Å². The van der Waals surface area contributed by atoms with Gasteiger partial charge in [0.25, 0.3) is 0 Å². The first-order valence-electron chi connectivity index (χ1n) is 11.2. The van der Waals surface area contributed by atoms with Crippen molar-refractivity contribution in [3.63, 3.8) is 0 Å². The summed E-state index contributed by atoms with van der Waals surface area (Å²) in [6.45, 7) is 9.01. The Hall–Kier alpha value is -2.89. The van der Waals surface area contributed by atoms with Gasteiger partial charge in [-0.25, -0.2) is 4.79 Å². The number of piperidine rings is 1. The summed E-state index contributed by atoms with van der Waals surface area (Å²) in [5.74, 6) is 1.07. The second kappa shape index (κ2) is 8.69. The minimum absolute atomic E-state index is 0.0538. The molecule has 0 atom stereocenters. The Kier molecular flexibility index (Phi) is 5.99. The van der Waals surface area contributed by atoms with Gasteiger partial charge in [0, 0.05) is 55.6 Å². The molecule has 0 unspecified atom stereocenters. The van der Waals surface area contributed by atoms with E-state index >= 15 is 0 Å². The molecular formula is C25H32N4O2. The van der Waals surface area contributed by atoms with Gasteiger partial charge in [0.15, 0.2) is 0 Å². The molecule has 0 saturated carbocycles. The van der Waals surface area contributed by atoms with Gasteiger partial charge in [-0.05, 0) is 48.1 Å². The molecule has 0 radical (unpaired) electrons. The smallest absolute Gasteiger partial charge is 0.321 e. The molecule has 1 N–H and O–H groups in total. The molecule has 3 amide bonds. The van der Waals surface area contributed by atoms with E-state index in [1.165, 1.54) is 11.1 Å². The Morgan fingerprint density at radius 3 is 2.19 bits per heavy atom. The van der Waals surface area contributed by atoms with Crippen molar-refractivity contribution in [3.05, 3.63) is 59.9 Å². The molecule has 6 heteroatoms. The van der Waals surface area contributed by atoms with Crippen LogP contribution in [-0.2, 0) is 4.79 Å². The number of urea groups is 1. The standard InChI is InChI=1S/C25H32N4O2/c1-25(2,3)23(30)28-13-10-19(11-14-28)18-6-8-22(9-7-18)27-24(31)29-16-21(17-29)20-5-4-12-26-15-20/h4-9,12,15,19,21H,10-11,13-14,16-17H2,1-3H3,(H,27,31). The predicted molar refractivity (Wildman–Crippen MR) is 122 cm³/mol. The van der Waals surface area contributed by atoms with Gasteiger partial charge in [-0.1, -0.05) is 39.0 Å². The maximum Gasteiger partial charge on any atom is 0.321 e. The minimum Gasteiger partial charge on any atom is -0.342 e. The number of nitrogens with zero attached hydrogens (tertiary/aromatic N) is 3. The fourth-order valence-electron chi connectivity index (χ4n) is 4.40. The zero-order valence-electron chi connectivity index (χ0n) is 18.7. The van der Waals surface area contributed by atoms with Crippen LogP contribution in [0.25, 0.3) is 0 Å². The number of nitrogens with one attached hydrogen (secondary N) is 1. The predicted octanol–water partition coefficient (Wildman–Crippen LogP) is 4.47. The van der Waals surface area contributed by atoms with Crippen molar-refractivity contribution < 1.29 is 9.59 Å². The second-order valence-electron chi connectivity index (χ2n) is 9.76. The number of carbonyl (C=O) groups excluding carboxylic acids is 2. The molecule has 2 aliphatic heterocycles. The molecule has 1 aromatic carbocycles. The summed E-state index contributed by atoms with van der Waals surface area (Å²) in [4.78, 5) is 33.0. The molecule has 2 fully saturated rings. The Bertz CT molecular complexity index is 907. The van der Waals surface area contributed by atoms with Crippen LogP contribution in [0.5, 0.6) is 0 Å². The van der Waals surface area contributed by atoms with Crippen LogP contribution in [0, 0.1) is 5.41 Å². The van der Waals surface area contributed by atoms with Crippen LogP contribution in [0.1, 0.15) is 56.6 Å². The fraction of sp³-hybridized carbons (Fsp3) is 0.480. The van der Waals surface area contributed by atoms with E-state index in [4.69, 9.17) is 0 Å². The second-order valence-corrected chi connectivity index (χ2v) is 9.76. The zero-order chi connectivity index (χ0) is 22.0. The summed E-state index contributed by atoms with van der Waals surface area (Å²) in [5, 5.41) is 3.00. The van der Waals surface area contributed by atoms with Crippen LogP contribution in [0.2, 0.25) is 0 Å². The molecule has 1 aromatic heterocycles. The van der Waals surface area contributed by atoms with Crippen molar-refractivity contribution in [3.8, 4) is 0 Å². The fourth-order valence-corrected chi connectivity index (χ4v) is 4.40. The van der Waals surface area contributed by atoms with Crippen LogP contribution in [0.15, 0.2) is 48.8 Å². The normalized spacial score (nSPS) is 17.9. The lowest BCUT2D eigenvalue weighted by molar-refractivity contribution is -0.140. The van der Waals surface area contributed by atoms with E-state index in [9.17, 15) is 9.59 Å². The summed E-state index contributed by atoms with van der Waals surface area (Å²) < 4.78 is 0. The molecule has 164 valence electrons. The van der Waals surface area contributed by atoms with Crippen LogP contribution >= 0.6 is 0 Å². The van der Waals surface area contributed by atoms with Gasteiger partial charge in [-0.2, -0.15) is 0 Å². The summed E-state index contributed by atoms with van der Waals surface area (Å²) in [5.41, 5.74) is 2.97. The number of aromatic nitrogens is 1. The molecule has 2 aromatic rings. The molecule has 0 aliphatic carbocycles. The number of hydrogen-bond donors (Lipinski definition) is 1. The Balaban J connectivity index is 1.26. The summed E-state index contributed by atoms with van der Waals surface area (Å²) in [6, 6.07) is 12.1. The maximum absolute atomic E-state index is 12.5. The van der Waals surface area contributed by atoms with E-state index < -0.39 is 0 Å². The average Bonchev–Trinajstić information content (AvgIpc) is 2.73. The molecule has 6 nitrogen and oxygen atoms in total. The topological polar surface area (TPSA) is 65.5 Å². The average molecular weight is 421 g/mol. The number of amides is 3. The lowest BCUT2D eigenvalue weighted by atomic mass is 9.87. The third-order valence-electron chi connectivity index (χ3n) is 6.38. The van der Waals surface area contributed by atoms with Crippen LogP contribution in [-0.4, -0.2) is 52.9 Å². The molecular weight excluding hydrogens is 388 g/mol. The van der Waals surface area contributed by atoms with Crippen LogP contribution in [0.3, 0.4) is 0 Å². The summed E-state index contributed by atoms with van der Waals surface area (Å²) in [6.07, 6.45) is 5.61. The molecule has 0 bridgehead atoms. The maximum atomic E-state index is 12.5. The van der Waals surface area contributed by atoms with Crippen LogP contribution < -0.4 is 5.32 Å². The van der Waals surface area contributed by atoms with E-state index in [1.54, 1.807) is 6.20 Å². The highest BCUT2D eigenvalue weighted by Crippen LogP contribution is 2.31. The zero-order valence-corrected chi connectivity index (χ0v) is 18.7.